The molecule has 9 N–H and O–H groups in total. The summed E-state index contributed by atoms with van der Waals surface area (Å²) < 4.78 is 26.7. The maximum Gasteiger partial charge on any atom is 0.338 e. The van der Waals surface area contributed by atoms with E-state index in [0.29, 0.717) is 5.56 Å². The van der Waals surface area contributed by atoms with Gasteiger partial charge in [-0.3, -0.25) is 0 Å². The molecule has 15 heteroatoms. The summed E-state index contributed by atoms with van der Waals surface area (Å²) in [5, 5.41) is 88.8. The molecule has 11 unspecified atom stereocenters. The summed E-state index contributed by atoms with van der Waals surface area (Å²) >= 11 is 0. The lowest BCUT2D eigenvalue weighted by molar-refractivity contribution is -0.330. The highest BCUT2D eigenvalue weighted by atomic mass is 16.7. The summed E-state index contributed by atoms with van der Waals surface area (Å²) in [6.07, 6.45) is -16.9. The van der Waals surface area contributed by atoms with Gasteiger partial charge in [-0.1, -0.05) is 12.1 Å². The molecule has 1 aromatic rings. The van der Waals surface area contributed by atoms with Gasteiger partial charge in [-0.25, -0.2) is 4.79 Å². The third-order valence-electron chi connectivity index (χ3n) is 6.56. The minimum absolute atomic E-state index is 0.198. The van der Waals surface area contributed by atoms with Crippen LogP contribution < -0.4 is 4.74 Å². The number of ether oxygens (including phenoxy) is 5. The minimum Gasteiger partial charge on any atom is -0.462 e. The van der Waals surface area contributed by atoms with Gasteiger partial charge in [0.15, 0.2) is 12.4 Å². The van der Waals surface area contributed by atoms with Crippen LogP contribution in [0, 0.1) is 0 Å². The Bertz CT molecular complexity index is 923. The molecule has 0 amide bonds. The fourth-order valence-electron chi connectivity index (χ4n) is 4.01. The highest BCUT2D eigenvalue weighted by Gasteiger charge is 2.48. The van der Waals surface area contributed by atoms with Crippen LogP contribution in [0.5, 0.6) is 5.75 Å². The van der Waals surface area contributed by atoms with Crippen LogP contribution in [0.2, 0.25) is 0 Å². The topological polar surface area (TPSA) is 245 Å². The predicted octanol–water partition coefficient (Wildman–Crippen LogP) is -4.14. The fraction of sp³-hybridized carbons (Fsp3) is 0.708. The number of rotatable bonds is 10. The van der Waals surface area contributed by atoms with Gasteiger partial charge >= 0.3 is 5.97 Å². The lowest BCUT2D eigenvalue weighted by Crippen LogP contribution is -2.61. The second-order valence-corrected chi connectivity index (χ2v) is 9.89. The van der Waals surface area contributed by atoms with Crippen molar-refractivity contribution in [1.82, 2.24) is 0 Å². The molecule has 11 atom stereocenters. The smallest absolute Gasteiger partial charge is 0.338 e. The fourth-order valence-corrected chi connectivity index (χ4v) is 4.01. The molecule has 0 spiro atoms. The second-order valence-electron chi connectivity index (χ2n) is 9.89. The van der Waals surface area contributed by atoms with Crippen LogP contribution in [-0.4, -0.2) is 138 Å². The van der Waals surface area contributed by atoms with Crippen molar-refractivity contribution in [3.63, 3.8) is 0 Å². The van der Waals surface area contributed by atoms with Crippen LogP contribution in [0.15, 0.2) is 24.3 Å². The highest BCUT2D eigenvalue weighted by Crippen LogP contribution is 2.28. The van der Waals surface area contributed by atoms with E-state index in [4.69, 9.17) is 23.7 Å². The Morgan fingerprint density at radius 2 is 1.31 bits per heavy atom. The standard InChI is InChI=1S/C24H36O15/c1-24(2,39-23-19(32)17(30)15(28)13(8-26)38-23)20(33)21(34)35-9-10-3-5-11(6-4-10)36-22-18(31)16(29)14(27)12(7-25)37-22/h3-6,12-20,22-23,25-33H,7-9H2,1-2H3. The van der Waals surface area contributed by atoms with Crippen molar-refractivity contribution in [2.24, 2.45) is 0 Å². The lowest BCUT2D eigenvalue weighted by atomic mass is 9.97. The first kappa shape index (κ1) is 31.5. The molecule has 222 valence electrons. The van der Waals surface area contributed by atoms with Crippen molar-refractivity contribution in [3.05, 3.63) is 29.8 Å². The third kappa shape index (κ3) is 7.21. The van der Waals surface area contributed by atoms with Crippen LogP contribution in [0.3, 0.4) is 0 Å². The first-order chi connectivity index (χ1) is 18.3. The number of aliphatic hydroxyl groups excluding tert-OH is 9. The van der Waals surface area contributed by atoms with Crippen molar-refractivity contribution in [3.8, 4) is 5.75 Å². The Hall–Kier alpha value is -1.99. The molecule has 2 fully saturated rings. The molecular weight excluding hydrogens is 528 g/mol. The lowest BCUT2D eigenvalue weighted by Gasteiger charge is -2.43. The van der Waals surface area contributed by atoms with Crippen LogP contribution in [0.4, 0.5) is 0 Å². The van der Waals surface area contributed by atoms with E-state index in [0.717, 1.165) is 0 Å². The number of carbonyl (C=O) groups is 1. The summed E-state index contributed by atoms with van der Waals surface area (Å²) in [5.74, 6) is -0.880. The maximum absolute atomic E-state index is 12.5. The van der Waals surface area contributed by atoms with E-state index >= 15 is 0 Å². The zero-order chi connectivity index (χ0) is 29.1. The molecular formula is C24H36O15. The van der Waals surface area contributed by atoms with E-state index in [9.17, 15) is 50.8 Å². The van der Waals surface area contributed by atoms with Gasteiger partial charge in [-0.05, 0) is 31.5 Å². The van der Waals surface area contributed by atoms with Crippen LogP contribution >= 0.6 is 0 Å². The van der Waals surface area contributed by atoms with Gasteiger partial charge in [-0.2, -0.15) is 0 Å². The van der Waals surface area contributed by atoms with E-state index in [2.05, 4.69) is 0 Å². The van der Waals surface area contributed by atoms with Crippen LogP contribution in [0.25, 0.3) is 0 Å². The summed E-state index contributed by atoms with van der Waals surface area (Å²) in [6.45, 7) is 1.07. The van der Waals surface area contributed by atoms with Crippen LogP contribution in [0.1, 0.15) is 19.4 Å². The van der Waals surface area contributed by atoms with Gasteiger partial charge < -0.3 is 69.6 Å². The van der Waals surface area contributed by atoms with Crippen LogP contribution in [-0.2, 0) is 30.3 Å². The van der Waals surface area contributed by atoms with E-state index in [1.54, 1.807) is 0 Å². The first-order valence-corrected chi connectivity index (χ1v) is 12.2. The molecule has 2 saturated heterocycles. The van der Waals surface area contributed by atoms with Gasteiger partial charge in [0.2, 0.25) is 6.29 Å². The number of hydrogen-bond donors (Lipinski definition) is 9. The average molecular weight is 565 g/mol. The maximum atomic E-state index is 12.5. The van der Waals surface area contributed by atoms with E-state index in [1.807, 2.05) is 0 Å². The Morgan fingerprint density at radius 3 is 1.82 bits per heavy atom. The summed E-state index contributed by atoms with van der Waals surface area (Å²) in [6, 6.07) is 5.92. The summed E-state index contributed by atoms with van der Waals surface area (Å²) in [7, 11) is 0. The SMILES string of the molecule is CC(C)(OC1OC(CO)C(O)C(O)C1O)C(O)C(=O)OCc1ccc(OC2OC(CO)C(O)C(O)C2O)cc1. The zero-order valence-corrected chi connectivity index (χ0v) is 21.3. The molecule has 0 saturated carbocycles. The molecule has 3 rings (SSSR count). The van der Waals surface area contributed by atoms with Crippen molar-refractivity contribution in [1.29, 1.82) is 0 Å². The van der Waals surface area contributed by atoms with Gasteiger partial charge in [0.25, 0.3) is 0 Å². The molecule has 0 bridgehead atoms. The Kier molecular flexibility index (Phi) is 10.6. The third-order valence-corrected chi connectivity index (χ3v) is 6.56. The number of benzene rings is 1. The molecule has 15 nitrogen and oxygen atoms in total. The second kappa shape index (κ2) is 13.1. The quantitative estimate of drug-likeness (QED) is 0.122. The minimum atomic E-state index is -1.86. The molecule has 0 aliphatic carbocycles. The largest absolute Gasteiger partial charge is 0.462 e. The van der Waals surface area contributed by atoms with E-state index < -0.39 is 92.3 Å². The van der Waals surface area contributed by atoms with E-state index in [-0.39, 0.29) is 12.4 Å². The first-order valence-electron chi connectivity index (χ1n) is 12.2. The molecule has 2 aliphatic rings. The number of aliphatic hydroxyl groups is 9. The van der Waals surface area contributed by atoms with Crippen molar-refractivity contribution in [2.45, 2.75) is 93.6 Å². The van der Waals surface area contributed by atoms with Gasteiger partial charge in [0.05, 0.1) is 13.2 Å². The molecule has 0 aromatic heterocycles. The monoisotopic (exact) mass is 564 g/mol. The Morgan fingerprint density at radius 1 is 0.821 bits per heavy atom. The average Bonchev–Trinajstić information content (AvgIpc) is 2.92. The van der Waals surface area contributed by atoms with E-state index in [1.165, 1.54) is 38.1 Å². The normalized spacial score (nSPS) is 36.3. The zero-order valence-electron chi connectivity index (χ0n) is 21.3. The summed E-state index contributed by atoms with van der Waals surface area (Å²) in [4.78, 5) is 12.5. The van der Waals surface area contributed by atoms with Crippen molar-refractivity contribution < 1.29 is 74.4 Å². The van der Waals surface area contributed by atoms with Crippen molar-refractivity contribution in [2.75, 3.05) is 13.2 Å². The molecule has 0 radical (unpaired) electrons. The number of carbonyl (C=O) groups excluding carboxylic acids is 1. The molecule has 2 aliphatic heterocycles. The summed E-state index contributed by atoms with van der Waals surface area (Å²) in [5.41, 5.74) is -1.21. The highest BCUT2D eigenvalue weighted by molar-refractivity contribution is 5.75. The molecule has 2 heterocycles. The van der Waals surface area contributed by atoms with Gasteiger partial charge in [0, 0.05) is 0 Å². The Balaban J connectivity index is 1.53. The number of esters is 1. The Labute approximate surface area is 223 Å². The predicted molar refractivity (Wildman–Crippen MR) is 126 cm³/mol. The van der Waals surface area contributed by atoms with Gasteiger partial charge in [-0.15, -0.1) is 0 Å². The molecule has 1 aromatic carbocycles. The van der Waals surface area contributed by atoms with Gasteiger partial charge in [0.1, 0.15) is 66.8 Å². The van der Waals surface area contributed by atoms with Crippen molar-refractivity contribution >= 4 is 5.97 Å². The number of hydrogen-bond acceptors (Lipinski definition) is 15. The molecule has 39 heavy (non-hydrogen) atoms.